The summed E-state index contributed by atoms with van der Waals surface area (Å²) in [5, 5.41) is 3.50. The molecule has 0 bridgehead atoms. The van der Waals surface area contributed by atoms with Gasteiger partial charge in [0.2, 0.25) is 0 Å². The van der Waals surface area contributed by atoms with Crippen LogP contribution in [0.1, 0.15) is 37.9 Å². The van der Waals surface area contributed by atoms with Gasteiger partial charge in [0, 0.05) is 31.5 Å². The molecule has 18 heavy (non-hydrogen) atoms. The van der Waals surface area contributed by atoms with E-state index in [4.69, 9.17) is 0 Å². The van der Waals surface area contributed by atoms with Crippen LogP contribution in [0.25, 0.3) is 0 Å². The predicted octanol–water partition coefficient (Wildman–Crippen LogP) is 1.77. The average molecular weight is 250 g/mol. The summed E-state index contributed by atoms with van der Waals surface area (Å²) in [6, 6.07) is 1.26. The van der Waals surface area contributed by atoms with Gasteiger partial charge in [-0.1, -0.05) is 19.3 Å². The number of likely N-dealkylation sites (N-methyl/N-ethyl adjacent to an activating group) is 2. The molecule has 1 fully saturated rings. The number of aromatic nitrogens is 2. The van der Waals surface area contributed by atoms with E-state index < -0.39 is 0 Å². The lowest BCUT2D eigenvalue weighted by Gasteiger charge is -2.33. The maximum Gasteiger partial charge on any atom is 0.122 e. The zero-order chi connectivity index (χ0) is 13.0. The molecular formula is C14H26N4. The van der Waals surface area contributed by atoms with Crippen molar-refractivity contribution in [3.05, 3.63) is 18.2 Å². The Morgan fingerprint density at radius 1 is 1.39 bits per heavy atom. The number of nitrogens with zero attached hydrogens (tertiary/aromatic N) is 3. The van der Waals surface area contributed by atoms with E-state index in [0.717, 1.165) is 12.4 Å². The number of imidazole rings is 1. The second-order valence-corrected chi connectivity index (χ2v) is 5.47. The van der Waals surface area contributed by atoms with Crippen LogP contribution in [0, 0.1) is 0 Å². The van der Waals surface area contributed by atoms with Crippen molar-refractivity contribution in [2.45, 2.75) is 50.7 Å². The highest BCUT2D eigenvalue weighted by Crippen LogP contribution is 2.22. The molecule has 1 aliphatic carbocycles. The Morgan fingerprint density at radius 3 is 2.83 bits per heavy atom. The first-order valence-electron chi connectivity index (χ1n) is 7.06. The van der Waals surface area contributed by atoms with Crippen LogP contribution >= 0.6 is 0 Å². The third-order valence-corrected chi connectivity index (χ3v) is 4.23. The fourth-order valence-corrected chi connectivity index (χ4v) is 3.04. The molecule has 1 heterocycles. The summed E-state index contributed by atoms with van der Waals surface area (Å²) in [7, 11) is 6.39. The molecule has 2 rings (SSSR count). The van der Waals surface area contributed by atoms with Crippen molar-refractivity contribution < 1.29 is 0 Å². The lowest BCUT2D eigenvalue weighted by atomic mass is 10.0. The molecule has 2 unspecified atom stereocenters. The summed E-state index contributed by atoms with van der Waals surface area (Å²) in [6.07, 6.45) is 10.6. The lowest BCUT2D eigenvalue weighted by molar-refractivity contribution is 0.174. The Morgan fingerprint density at radius 2 is 2.17 bits per heavy atom. The molecule has 1 N–H and O–H groups in total. The van der Waals surface area contributed by atoms with E-state index >= 15 is 0 Å². The van der Waals surface area contributed by atoms with Crippen molar-refractivity contribution >= 4 is 0 Å². The van der Waals surface area contributed by atoms with E-state index in [2.05, 4.69) is 40.9 Å². The third-order valence-electron chi connectivity index (χ3n) is 4.23. The Balaban J connectivity index is 2.01. The molecule has 0 amide bonds. The first-order valence-corrected chi connectivity index (χ1v) is 7.06. The maximum atomic E-state index is 4.43. The van der Waals surface area contributed by atoms with E-state index in [0.29, 0.717) is 12.1 Å². The van der Waals surface area contributed by atoms with E-state index in [1.807, 2.05) is 12.4 Å². The largest absolute Gasteiger partial charge is 0.337 e. The summed E-state index contributed by atoms with van der Waals surface area (Å²) < 4.78 is 2.11. The van der Waals surface area contributed by atoms with Crippen LogP contribution < -0.4 is 5.32 Å². The second-order valence-electron chi connectivity index (χ2n) is 5.47. The molecule has 0 radical (unpaired) electrons. The fraction of sp³-hybridized carbons (Fsp3) is 0.786. The number of nitrogens with one attached hydrogen (secondary N) is 1. The number of hydrogen-bond donors (Lipinski definition) is 1. The van der Waals surface area contributed by atoms with Crippen molar-refractivity contribution in [2.75, 3.05) is 14.1 Å². The van der Waals surface area contributed by atoms with Crippen LogP contribution in [-0.2, 0) is 13.6 Å². The average Bonchev–Trinajstić information content (AvgIpc) is 2.66. The molecule has 102 valence electrons. The van der Waals surface area contributed by atoms with Gasteiger partial charge in [0.1, 0.15) is 5.82 Å². The number of hydrogen-bond acceptors (Lipinski definition) is 3. The van der Waals surface area contributed by atoms with Crippen molar-refractivity contribution in [1.82, 2.24) is 19.8 Å². The third kappa shape index (κ3) is 3.12. The Labute approximate surface area is 110 Å². The second kappa shape index (κ2) is 6.34. The van der Waals surface area contributed by atoms with Crippen molar-refractivity contribution in [1.29, 1.82) is 0 Å². The topological polar surface area (TPSA) is 33.1 Å². The zero-order valence-corrected chi connectivity index (χ0v) is 11.9. The van der Waals surface area contributed by atoms with Gasteiger partial charge in [0.15, 0.2) is 0 Å². The minimum Gasteiger partial charge on any atom is -0.337 e. The van der Waals surface area contributed by atoms with Gasteiger partial charge in [-0.25, -0.2) is 4.98 Å². The highest BCUT2D eigenvalue weighted by atomic mass is 15.2. The molecule has 4 heteroatoms. The van der Waals surface area contributed by atoms with Crippen molar-refractivity contribution in [3.8, 4) is 0 Å². The van der Waals surface area contributed by atoms with Gasteiger partial charge in [0.05, 0.1) is 6.54 Å². The SMILES string of the molecule is CNC1CCCCCC1N(C)Cc1nccn1C. The normalized spacial score (nSPS) is 25.3. The minimum absolute atomic E-state index is 0.623. The number of aryl methyl sites for hydroxylation is 1. The summed E-state index contributed by atoms with van der Waals surface area (Å²) in [6.45, 7) is 0.937. The van der Waals surface area contributed by atoms with E-state index in [1.54, 1.807) is 0 Å². The molecule has 1 aromatic rings. The van der Waals surface area contributed by atoms with Gasteiger partial charge >= 0.3 is 0 Å². The Bertz CT molecular complexity index is 360. The molecule has 4 nitrogen and oxygen atoms in total. The zero-order valence-electron chi connectivity index (χ0n) is 11.9. The Kier molecular flexibility index (Phi) is 4.78. The summed E-state index contributed by atoms with van der Waals surface area (Å²) in [5.41, 5.74) is 0. The summed E-state index contributed by atoms with van der Waals surface area (Å²) in [5.74, 6) is 1.15. The molecule has 1 aromatic heterocycles. The molecule has 0 aliphatic heterocycles. The molecule has 1 saturated carbocycles. The van der Waals surface area contributed by atoms with Crippen LogP contribution in [0.4, 0.5) is 0 Å². The summed E-state index contributed by atoms with van der Waals surface area (Å²) in [4.78, 5) is 6.89. The molecule has 0 aromatic carbocycles. The molecule has 0 spiro atoms. The molecule has 1 aliphatic rings. The van der Waals surface area contributed by atoms with Gasteiger partial charge in [0.25, 0.3) is 0 Å². The van der Waals surface area contributed by atoms with Crippen LogP contribution in [0.2, 0.25) is 0 Å². The van der Waals surface area contributed by atoms with Gasteiger partial charge < -0.3 is 9.88 Å². The van der Waals surface area contributed by atoms with Crippen LogP contribution in [0.3, 0.4) is 0 Å². The van der Waals surface area contributed by atoms with E-state index in [9.17, 15) is 0 Å². The van der Waals surface area contributed by atoms with E-state index in [1.165, 1.54) is 32.1 Å². The van der Waals surface area contributed by atoms with Crippen molar-refractivity contribution in [2.24, 2.45) is 7.05 Å². The maximum absolute atomic E-state index is 4.43. The van der Waals surface area contributed by atoms with Crippen LogP contribution in [-0.4, -0.2) is 40.6 Å². The van der Waals surface area contributed by atoms with Crippen LogP contribution in [0.5, 0.6) is 0 Å². The molecule has 0 saturated heterocycles. The first-order chi connectivity index (χ1) is 8.72. The Hall–Kier alpha value is -0.870. The predicted molar refractivity (Wildman–Crippen MR) is 74.4 cm³/mol. The smallest absolute Gasteiger partial charge is 0.122 e. The fourth-order valence-electron chi connectivity index (χ4n) is 3.04. The lowest BCUT2D eigenvalue weighted by Crippen LogP contribution is -2.46. The molecular weight excluding hydrogens is 224 g/mol. The highest BCUT2D eigenvalue weighted by Gasteiger charge is 2.26. The van der Waals surface area contributed by atoms with Gasteiger partial charge in [-0.15, -0.1) is 0 Å². The molecule has 2 atom stereocenters. The number of rotatable bonds is 4. The monoisotopic (exact) mass is 250 g/mol. The quantitative estimate of drug-likeness (QED) is 0.827. The van der Waals surface area contributed by atoms with Gasteiger partial charge in [-0.3, -0.25) is 4.90 Å². The van der Waals surface area contributed by atoms with Crippen LogP contribution in [0.15, 0.2) is 12.4 Å². The highest BCUT2D eigenvalue weighted by molar-refractivity contribution is 4.93. The minimum atomic E-state index is 0.623. The van der Waals surface area contributed by atoms with Gasteiger partial charge in [-0.05, 0) is 26.9 Å². The standard InChI is InChI=1S/C14H26N4/c1-15-12-7-5-4-6-8-13(12)18(3)11-14-16-9-10-17(14)2/h9-10,12-13,15H,4-8,11H2,1-3H3. The van der Waals surface area contributed by atoms with Gasteiger partial charge in [-0.2, -0.15) is 0 Å². The van der Waals surface area contributed by atoms with E-state index in [-0.39, 0.29) is 0 Å². The van der Waals surface area contributed by atoms with Crippen molar-refractivity contribution in [3.63, 3.8) is 0 Å². The summed E-state index contributed by atoms with van der Waals surface area (Å²) >= 11 is 0. The first kappa shape index (κ1) is 13.6.